The minimum absolute atomic E-state index is 0.0252. The fourth-order valence-corrected chi connectivity index (χ4v) is 3.12. The Bertz CT molecular complexity index is 670. The smallest absolute Gasteiger partial charge is 0.337 e. The van der Waals surface area contributed by atoms with Crippen LogP contribution in [0, 0.1) is 12.7 Å². The maximum Gasteiger partial charge on any atom is 0.337 e. The summed E-state index contributed by atoms with van der Waals surface area (Å²) >= 11 is 1.69. The highest BCUT2D eigenvalue weighted by Gasteiger charge is 2.15. The van der Waals surface area contributed by atoms with Gasteiger partial charge in [-0.25, -0.2) is 9.18 Å². The molecule has 0 saturated carbocycles. The first kappa shape index (κ1) is 15.3. The summed E-state index contributed by atoms with van der Waals surface area (Å²) < 4.78 is 13.9. The summed E-state index contributed by atoms with van der Waals surface area (Å²) in [4.78, 5) is 13.5. The number of nitrogen functional groups attached to an aromatic ring is 1. The third-order valence-electron chi connectivity index (χ3n) is 3.07. The van der Waals surface area contributed by atoms with Gasteiger partial charge < -0.3 is 16.2 Å². The van der Waals surface area contributed by atoms with Crippen LogP contribution in [0.15, 0.2) is 24.3 Å². The first-order chi connectivity index (χ1) is 9.86. The minimum Gasteiger partial charge on any atom is -0.478 e. The predicted molar refractivity (Wildman–Crippen MR) is 83.6 cm³/mol. The molecule has 0 radical (unpaired) electrons. The number of benzene rings is 1. The molecular weight excluding hydrogens is 291 g/mol. The maximum atomic E-state index is 13.9. The average molecular weight is 308 g/mol. The highest BCUT2D eigenvalue weighted by molar-refractivity contribution is 7.11. The van der Waals surface area contributed by atoms with Crippen molar-refractivity contribution in [3.63, 3.8) is 0 Å². The number of nitrogens with two attached hydrogens (primary N) is 1. The van der Waals surface area contributed by atoms with Gasteiger partial charge in [-0.3, -0.25) is 0 Å². The molecule has 112 valence electrons. The van der Waals surface area contributed by atoms with Crippen molar-refractivity contribution in [3.05, 3.63) is 45.4 Å². The topological polar surface area (TPSA) is 75.3 Å². The van der Waals surface area contributed by atoms with E-state index in [9.17, 15) is 9.18 Å². The summed E-state index contributed by atoms with van der Waals surface area (Å²) in [6.07, 6.45) is 0.741. The van der Waals surface area contributed by atoms with Gasteiger partial charge in [0, 0.05) is 27.9 Å². The normalized spacial score (nSPS) is 12.1. The average Bonchev–Trinajstić information content (AvgIpc) is 2.77. The first-order valence-electron chi connectivity index (χ1n) is 6.51. The van der Waals surface area contributed by atoms with E-state index in [1.54, 1.807) is 11.3 Å². The third-order valence-corrected chi connectivity index (χ3v) is 4.10. The molecule has 4 nitrogen and oxygen atoms in total. The number of anilines is 2. The number of carboxylic acids is 1. The summed E-state index contributed by atoms with van der Waals surface area (Å²) in [5, 5.41) is 12.0. The van der Waals surface area contributed by atoms with E-state index in [-0.39, 0.29) is 23.0 Å². The summed E-state index contributed by atoms with van der Waals surface area (Å²) in [5.41, 5.74) is 5.48. The monoisotopic (exact) mass is 308 g/mol. The van der Waals surface area contributed by atoms with Gasteiger partial charge in [-0.15, -0.1) is 11.3 Å². The molecule has 2 aromatic rings. The van der Waals surface area contributed by atoms with Gasteiger partial charge in [0.05, 0.1) is 11.3 Å². The van der Waals surface area contributed by atoms with Crippen LogP contribution in [0.5, 0.6) is 0 Å². The number of rotatable bonds is 5. The molecule has 0 bridgehead atoms. The molecule has 6 heteroatoms. The molecule has 2 rings (SSSR count). The lowest BCUT2D eigenvalue weighted by Gasteiger charge is -2.16. The molecule has 21 heavy (non-hydrogen) atoms. The van der Waals surface area contributed by atoms with Crippen molar-refractivity contribution in [1.82, 2.24) is 0 Å². The third kappa shape index (κ3) is 3.72. The zero-order chi connectivity index (χ0) is 15.6. The maximum absolute atomic E-state index is 13.9. The molecule has 0 aliphatic carbocycles. The molecule has 0 aliphatic heterocycles. The largest absolute Gasteiger partial charge is 0.478 e. The molecule has 4 N–H and O–H groups in total. The van der Waals surface area contributed by atoms with Crippen LogP contribution in [0.4, 0.5) is 15.8 Å². The lowest BCUT2D eigenvalue weighted by molar-refractivity contribution is 0.0698. The zero-order valence-corrected chi connectivity index (χ0v) is 12.6. The van der Waals surface area contributed by atoms with Gasteiger partial charge in [-0.2, -0.15) is 0 Å². The van der Waals surface area contributed by atoms with Gasteiger partial charge in [-0.05, 0) is 38.1 Å². The quantitative estimate of drug-likeness (QED) is 0.739. The van der Waals surface area contributed by atoms with Crippen molar-refractivity contribution < 1.29 is 14.3 Å². The molecule has 0 spiro atoms. The lowest BCUT2D eigenvalue weighted by Crippen LogP contribution is -2.19. The SMILES string of the molecule is Cc1ccc(CC(C)Nc2cc(C(=O)O)c(N)cc2F)s1. The molecule has 0 fully saturated rings. The van der Waals surface area contributed by atoms with E-state index < -0.39 is 11.8 Å². The van der Waals surface area contributed by atoms with E-state index in [0.717, 1.165) is 12.5 Å². The molecule has 1 unspecified atom stereocenters. The van der Waals surface area contributed by atoms with Crippen LogP contribution in [0.2, 0.25) is 0 Å². The van der Waals surface area contributed by atoms with E-state index in [1.165, 1.54) is 15.8 Å². The second-order valence-corrected chi connectivity index (χ2v) is 6.36. The fraction of sp³-hybridized carbons (Fsp3) is 0.267. The van der Waals surface area contributed by atoms with E-state index in [0.29, 0.717) is 0 Å². The Hall–Kier alpha value is -2.08. The molecule has 1 aromatic heterocycles. The Labute approximate surface area is 126 Å². The standard InChI is InChI=1S/C15H17FN2O2S/c1-8(5-10-4-3-9(2)21-10)18-14-6-11(15(19)20)13(17)7-12(14)16/h3-4,6-8,18H,5,17H2,1-2H3,(H,19,20). The molecular formula is C15H17FN2O2S. The molecule has 1 atom stereocenters. The van der Waals surface area contributed by atoms with Crippen LogP contribution in [0.25, 0.3) is 0 Å². The van der Waals surface area contributed by atoms with Gasteiger partial charge in [-0.1, -0.05) is 0 Å². The van der Waals surface area contributed by atoms with Crippen molar-refractivity contribution in [3.8, 4) is 0 Å². The number of nitrogens with one attached hydrogen (secondary N) is 1. The van der Waals surface area contributed by atoms with Crippen molar-refractivity contribution in [2.45, 2.75) is 26.3 Å². The number of hydrogen-bond acceptors (Lipinski definition) is 4. The van der Waals surface area contributed by atoms with E-state index >= 15 is 0 Å². The van der Waals surface area contributed by atoms with Crippen molar-refractivity contribution in [2.75, 3.05) is 11.1 Å². The van der Waals surface area contributed by atoms with E-state index in [4.69, 9.17) is 10.8 Å². The number of thiophene rings is 1. The molecule has 0 saturated heterocycles. The summed E-state index contributed by atoms with van der Waals surface area (Å²) in [7, 11) is 0. The number of aromatic carboxylic acids is 1. The van der Waals surface area contributed by atoms with Gasteiger partial charge in [0.15, 0.2) is 0 Å². The molecule has 0 amide bonds. The molecule has 0 aliphatic rings. The number of halogens is 1. The Morgan fingerprint density at radius 1 is 1.48 bits per heavy atom. The second kappa shape index (κ2) is 6.13. The van der Waals surface area contributed by atoms with E-state index in [1.807, 2.05) is 26.0 Å². The lowest BCUT2D eigenvalue weighted by atomic mass is 10.1. The number of carbonyl (C=O) groups is 1. The van der Waals surface area contributed by atoms with Crippen LogP contribution in [-0.4, -0.2) is 17.1 Å². The van der Waals surface area contributed by atoms with Crippen molar-refractivity contribution in [2.24, 2.45) is 0 Å². The Balaban J connectivity index is 2.15. The number of carboxylic acid groups (broad SMARTS) is 1. The Morgan fingerprint density at radius 2 is 2.19 bits per heavy atom. The first-order valence-corrected chi connectivity index (χ1v) is 7.32. The Morgan fingerprint density at radius 3 is 2.76 bits per heavy atom. The number of hydrogen-bond donors (Lipinski definition) is 3. The zero-order valence-electron chi connectivity index (χ0n) is 11.8. The van der Waals surface area contributed by atoms with Gasteiger partial charge in [0.2, 0.25) is 0 Å². The van der Waals surface area contributed by atoms with Crippen molar-refractivity contribution >= 4 is 28.7 Å². The Kier molecular flexibility index (Phi) is 4.47. The van der Waals surface area contributed by atoms with Crippen LogP contribution in [-0.2, 0) is 6.42 Å². The highest BCUT2D eigenvalue weighted by atomic mass is 32.1. The summed E-state index contributed by atoms with van der Waals surface area (Å²) in [6.45, 7) is 3.95. The second-order valence-electron chi connectivity index (χ2n) is 4.99. The number of aryl methyl sites for hydroxylation is 1. The van der Waals surface area contributed by atoms with Gasteiger partial charge >= 0.3 is 5.97 Å². The van der Waals surface area contributed by atoms with E-state index in [2.05, 4.69) is 5.32 Å². The highest BCUT2D eigenvalue weighted by Crippen LogP contribution is 2.24. The van der Waals surface area contributed by atoms with Crippen molar-refractivity contribution in [1.29, 1.82) is 0 Å². The van der Waals surface area contributed by atoms with Gasteiger partial charge in [0.1, 0.15) is 5.82 Å². The summed E-state index contributed by atoms with van der Waals surface area (Å²) in [6, 6.07) is 6.33. The predicted octanol–water partition coefficient (Wildman–Crippen LogP) is 3.52. The minimum atomic E-state index is -1.17. The van der Waals surface area contributed by atoms with Crippen LogP contribution < -0.4 is 11.1 Å². The molecule has 1 aromatic carbocycles. The molecule has 1 heterocycles. The summed E-state index contributed by atoms with van der Waals surface area (Å²) in [5.74, 6) is -1.72. The van der Waals surface area contributed by atoms with Crippen LogP contribution in [0.3, 0.4) is 0 Å². The van der Waals surface area contributed by atoms with Gasteiger partial charge in [0.25, 0.3) is 0 Å². The van der Waals surface area contributed by atoms with Crippen LogP contribution in [0.1, 0.15) is 27.0 Å². The fourth-order valence-electron chi connectivity index (χ4n) is 2.10. The van der Waals surface area contributed by atoms with Crippen LogP contribution >= 0.6 is 11.3 Å².